The molecule has 0 bridgehead atoms. The predicted octanol–water partition coefficient (Wildman–Crippen LogP) is 5.21. The fourth-order valence-corrected chi connectivity index (χ4v) is 3.64. The van der Waals surface area contributed by atoms with E-state index in [2.05, 4.69) is 32.4 Å². The zero-order valence-electron chi connectivity index (χ0n) is 19.4. The number of benzene rings is 3. The lowest BCUT2D eigenvalue weighted by Gasteiger charge is -2.13. The largest absolute Gasteiger partial charge is 0.493 e. The summed E-state index contributed by atoms with van der Waals surface area (Å²) in [5, 5.41) is 4.05. The van der Waals surface area contributed by atoms with Gasteiger partial charge in [-0.2, -0.15) is 5.10 Å². The van der Waals surface area contributed by atoms with Gasteiger partial charge in [0, 0.05) is 5.56 Å². The first-order valence-corrected chi connectivity index (χ1v) is 11.6. The van der Waals surface area contributed by atoms with Gasteiger partial charge in [-0.15, -0.1) is 6.42 Å². The zero-order chi connectivity index (χ0) is 25.0. The van der Waals surface area contributed by atoms with Crippen LogP contribution in [0.5, 0.6) is 23.0 Å². The minimum atomic E-state index is -0.392. The number of nitrogens with one attached hydrogen (secondary N) is 1. The molecule has 1 N–H and O–H groups in total. The van der Waals surface area contributed by atoms with Gasteiger partial charge in [-0.1, -0.05) is 36.3 Å². The molecule has 35 heavy (non-hydrogen) atoms. The van der Waals surface area contributed by atoms with E-state index in [1.54, 1.807) is 30.3 Å². The number of terminal acetylenes is 1. The smallest absolute Gasteiger partial charge is 0.271 e. The van der Waals surface area contributed by atoms with Crippen LogP contribution in [0.3, 0.4) is 0 Å². The van der Waals surface area contributed by atoms with Crippen LogP contribution in [0.2, 0.25) is 0 Å². The molecule has 0 atom stereocenters. The van der Waals surface area contributed by atoms with Crippen molar-refractivity contribution in [3.8, 4) is 35.3 Å². The number of hydrazone groups is 1. The van der Waals surface area contributed by atoms with E-state index in [1.165, 1.54) is 13.3 Å². The Labute approximate surface area is 213 Å². The molecule has 1 amide bonds. The van der Waals surface area contributed by atoms with E-state index >= 15 is 0 Å². The van der Waals surface area contributed by atoms with Gasteiger partial charge in [0.25, 0.3) is 5.91 Å². The topological polar surface area (TPSA) is 78.4 Å². The molecule has 180 valence electrons. The molecular weight excluding hydrogens is 512 g/mol. The van der Waals surface area contributed by atoms with Gasteiger partial charge in [-0.3, -0.25) is 4.79 Å². The number of rotatable bonds is 11. The lowest BCUT2D eigenvalue weighted by molar-refractivity contribution is 0.0954. The van der Waals surface area contributed by atoms with Crippen LogP contribution in [0.15, 0.2) is 70.2 Å². The van der Waals surface area contributed by atoms with E-state index in [0.29, 0.717) is 51.8 Å². The van der Waals surface area contributed by atoms with E-state index in [0.717, 1.165) is 5.56 Å². The first-order valence-electron chi connectivity index (χ1n) is 10.8. The van der Waals surface area contributed by atoms with Crippen LogP contribution in [0.1, 0.15) is 28.4 Å². The molecule has 7 nitrogen and oxygen atoms in total. The van der Waals surface area contributed by atoms with Gasteiger partial charge in [0.05, 0.1) is 24.4 Å². The minimum Gasteiger partial charge on any atom is -0.493 e. The van der Waals surface area contributed by atoms with Crippen LogP contribution < -0.4 is 24.4 Å². The van der Waals surface area contributed by atoms with Crippen LogP contribution >= 0.6 is 15.9 Å². The third-order valence-electron chi connectivity index (χ3n) is 4.67. The normalized spacial score (nSPS) is 10.5. The molecule has 0 saturated heterocycles. The standard InChI is InChI=1S/C27H25BrN2O5/c1-4-13-34-26-22(28)14-20(15-25(26)32-3)17-29-30-27(31)21-11-12-23(24(16-21)33-5-2)35-18-19-9-7-6-8-10-19/h1,6-12,14-17H,5,13,18H2,2-3H3,(H,30,31)/b29-17+. The average molecular weight is 537 g/mol. The zero-order valence-corrected chi connectivity index (χ0v) is 21.0. The molecule has 0 heterocycles. The number of nitrogens with zero attached hydrogens (tertiary/aromatic N) is 1. The van der Waals surface area contributed by atoms with E-state index in [1.807, 2.05) is 37.3 Å². The van der Waals surface area contributed by atoms with Crippen molar-refractivity contribution in [3.05, 3.63) is 81.8 Å². The Morgan fingerprint density at radius 2 is 1.86 bits per heavy atom. The van der Waals surface area contributed by atoms with Crippen molar-refractivity contribution in [2.75, 3.05) is 20.3 Å². The van der Waals surface area contributed by atoms with Crippen molar-refractivity contribution in [3.63, 3.8) is 0 Å². The maximum absolute atomic E-state index is 12.7. The number of halogens is 1. The molecule has 0 aliphatic carbocycles. The first-order chi connectivity index (χ1) is 17.0. The van der Waals surface area contributed by atoms with Crippen molar-refractivity contribution in [1.82, 2.24) is 5.43 Å². The Balaban J connectivity index is 1.68. The molecule has 0 aliphatic heterocycles. The van der Waals surface area contributed by atoms with Gasteiger partial charge in [0.1, 0.15) is 13.2 Å². The maximum Gasteiger partial charge on any atom is 0.271 e. The number of methoxy groups -OCH3 is 1. The summed E-state index contributed by atoms with van der Waals surface area (Å²) in [6.07, 6.45) is 6.75. The highest BCUT2D eigenvalue weighted by atomic mass is 79.9. The van der Waals surface area contributed by atoms with Gasteiger partial charge >= 0.3 is 0 Å². The molecule has 0 spiro atoms. The van der Waals surface area contributed by atoms with Crippen molar-refractivity contribution in [2.24, 2.45) is 5.10 Å². The second-order valence-electron chi connectivity index (χ2n) is 7.09. The Bertz CT molecular complexity index is 1220. The number of ether oxygens (including phenoxy) is 4. The van der Waals surface area contributed by atoms with Crippen molar-refractivity contribution in [2.45, 2.75) is 13.5 Å². The molecule has 0 unspecified atom stereocenters. The summed E-state index contributed by atoms with van der Waals surface area (Å²) >= 11 is 3.44. The molecule has 0 fully saturated rings. The van der Waals surface area contributed by atoms with E-state index in [-0.39, 0.29) is 6.61 Å². The second kappa shape index (κ2) is 13.1. The highest BCUT2D eigenvalue weighted by Crippen LogP contribution is 2.36. The monoisotopic (exact) mass is 536 g/mol. The van der Waals surface area contributed by atoms with Crippen LogP contribution in [-0.2, 0) is 6.61 Å². The van der Waals surface area contributed by atoms with Gasteiger partial charge in [-0.25, -0.2) is 5.43 Å². The number of hydrogen-bond acceptors (Lipinski definition) is 6. The average Bonchev–Trinajstić information content (AvgIpc) is 2.87. The Morgan fingerprint density at radius 3 is 2.57 bits per heavy atom. The minimum absolute atomic E-state index is 0.109. The van der Waals surface area contributed by atoms with Gasteiger partial charge < -0.3 is 18.9 Å². The summed E-state index contributed by atoms with van der Waals surface area (Å²) in [6.45, 7) is 2.80. The Kier molecular flexibility index (Phi) is 9.58. The van der Waals surface area contributed by atoms with E-state index in [9.17, 15) is 4.79 Å². The molecule has 8 heteroatoms. The van der Waals surface area contributed by atoms with Crippen LogP contribution in [0.25, 0.3) is 0 Å². The van der Waals surface area contributed by atoms with E-state index < -0.39 is 5.91 Å². The van der Waals surface area contributed by atoms with Crippen LogP contribution in [0.4, 0.5) is 0 Å². The summed E-state index contributed by atoms with van der Waals surface area (Å²) < 4.78 is 23.1. The Hall–Kier alpha value is -3.96. The third kappa shape index (κ3) is 7.26. The predicted molar refractivity (Wildman–Crippen MR) is 138 cm³/mol. The lowest BCUT2D eigenvalue weighted by Crippen LogP contribution is -2.17. The summed E-state index contributed by atoms with van der Waals surface area (Å²) in [6, 6.07) is 18.3. The molecule has 3 aromatic rings. The van der Waals surface area contributed by atoms with Crippen LogP contribution in [0, 0.1) is 12.3 Å². The summed E-state index contributed by atoms with van der Waals surface area (Å²) in [4.78, 5) is 12.7. The molecule has 0 aromatic heterocycles. The molecule has 0 radical (unpaired) electrons. The second-order valence-corrected chi connectivity index (χ2v) is 7.95. The highest BCUT2D eigenvalue weighted by molar-refractivity contribution is 9.10. The first kappa shape index (κ1) is 25.7. The van der Waals surface area contributed by atoms with Crippen molar-refractivity contribution >= 4 is 28.1 Å². The SMILES string of the molecule is C#CCOc1c(Br)cc(/C=N/NC(=O)c2ccc(OCc3ccccc3)c(OCC)c2)cc1OC. The van der Waals surface area contributed by atoms with Crippen molar-refractivity contribution in [1.29, 1.82) is 0 Å². The number of carbonyl (C=O) groups excluding carboxylic acids is 1. The van der Waals surface area contributed by atoms with E-state index in [4.69, 9.17) is 25.4 Å². The summed E-state index contributed by atoms with van der Waals surface area (Å²) in [5.74, 6) is 4.03. The third-order valence-corrected chi connectivity index (χ3v) is 5.26. The molecule has 0 aliphatic rings. The summed E-state index contributed by atoms with van der Waals surface area (Å²) in [7, 11) is 1.52. The number of hydrogen-bond donors (Lipinski definition) is 1. The fourth-order valence-electron chi connectivity index (χ4n) is 3.07. The van der Waals surface area contributed by atoms with Gasteiger partial charge in [-0.05, 0) is 64.3 Å². The molecule has 0 saturated carbocycles. The summed E-state index contributed by atoms with van der Waals surface area (Å²) in [5.41, 5.74) is 4.62. The molecule has 3 rings (SSSR count). The molecular formula is C27H25BrN2O5. The quantitative estimate of drug-likeness (QED) is 0.207. The Morgan fingerprint density at radius 1 is 1.06 bits per heavy atom. The fraction of sp³-hybridized carbons (Fsp3) is 0.185. The number of amides is 1. The highest BCUT2D eigenvalue weighted by Gasteiger charge is 2.13. The van der Waals surface area contributed by atoms with Gasteiger partial charge in [0.2, 0.25) is 0 Å². The van der Waals surface area contributed by atoms with Crippen molar-refractivity contribution < 1.29 is 23.7 Å². The maximum atomic E-state index is 12.7. The molecule has 3 aromatic carbocycles. The number of carbonyl (C=O) groups is 1. The lowest BCUT2D eigenvalue weighted by atomic mass is 10.2. The van der Waals surface area contributed by atoms with Crippen LogP contribution in [-0.4, -0.2) is 32.4 Å². The van der Waals surface area contributed by atoms with Gasteiger partial charge in [0.15, 0.2) is 23.0 Å².